The maximum atomic E-state index is 12.3. The van der Waals surface area contributed by atoms with Crippen molar-refractivity contribution in [3.05, 3.63) is 66.5 Å². The zero-order valence-electron chi connectivity index (χ0n) is 13.2. The van der Waals surface area contributed by atoms with Crippen LogP contribution in [0.25, 0.3) is 22.5 Å². The number of hydrogen-bond acceptors (Lipinski definition) is 5. The maximum Gasteiger partial charge on any atom is 0.274 e. The highest BCUT2D eigenvalue weighted by Crippen LogP contribution is 2.22. The zero-order chi connectivity index (χ0) is 17.3. The van der Waals surface area contributed by atoms with E-state index in [1.165, 1.54) is 0 Å². The Kier molecular flexibility index (Phi) is 3.85. The van der Waals surface area contributed by atoms with Gasteiger partial charge in [-0.2, -0.15) is 4.98 Å². The van der Waals surface area contributed by atoms with Gasteiger partial charge in [0, 0.05) is 17.3 Å². The van der Waals surface area contributed by atoms with Gasteiger partial charge in [0.05, 0.1) is 10.6 Å². The molecule has 0 fully saturated rings. The third-order valence-electron chi connectivity index (χ3n) is 3.93. The molecule has 126 valence electrons. The van der Waals surface area contributed by atoms with Crippen LogP contribution in [0.2, 0.25) is 0 Å². The summed E-state index contributed by atoms with van der Waals surface area (Å²) in [5, 5.41) is 4.93. The lowest BCUT2D eigenvalue weighted by atomic mass is 10.2. The van der Waals surface area contributed by atoms with Crippen LogP contribution in [0.1, 0.15) is 5.82 Å². The van der Waals surface area contributed by atoms with E-state index in [2.05, 4.69) is 15.1 Å². The van der Waals surface area contributed by atoms with Crippen LogP contribution in [0.3, 0.4) is 0 Å². The first kappa shape index (κ1) is 15.6. The first-order valence-electron chi connectivity index (χ1n) is 7.80. The van der Waals surface area contributed by atoms with Crippen molar-refractivity contribution in [2.45, 2.75) is 11.3 Å². The van der Waals surface area contributed by atoms with E-state index in [1.807, 2.05) is 30.3 Å². The molecule has 0 aliphatic carbocycles. The summed E-state index contributed by atoms with van der Waals surface area (Å²) in [6.45, 7) is 0. The first-order chi connectivity index (χ1) is 12.1. The molecule has 0 bridgehead atoms. The molecule has 0 saturated heterocycles. The van der Waals surface area contributed by atoms with Crippen LogP contribution in [0, 0.1) is 0 Å². The Morgan fingerprint density at radius 1 is 1.00 bits per heavy atom. The molecule has 0 unspecified atom stereocenters. The Labute approximate surface area is 144 Å². The number of rotatable bonds is 5. The van der Waals surface area contributed by atoms with Crippen molar-refractivity contribution in [1.82, 2.24) is 15.1 Å². The van der Waals surface area contributed by atoms with Gasteiger partial charge in [0.25, 0.3) is 5.89 Å². The number of aromatic nitrogens is 3. The third kappa shape index (κ3) is 3.18. The van der Waals surface area contributed by atoms with Crippen LogP contribution in [0.4, 0.5) is 0 Å². The standard InChI is InChI=1S/C18H15N3O3S/c22-25(23,14-7-2-1-3-8-14)11-10-17-20-18(24-21-17)16-12-13-6-4-5-9-15(13)19-16/h1-9,12,19H,10-11H2. The molecule has 2 aromatic heterocycles. The summed E-state index contributed by atoms with van der Waals surface area (Å²) < 4.78 is 29.9. The Bertz CT molecular complexity index is 1080. The van der Waals surface area contributed by atoms with E-state index in [0.717, 1.165) is 10.9 Å². The average molecular weight is 353 g/mol. The van der Waals surface area contributed by atoms with Crippen molar-refractivity contribution in [3.63, 3.8) is 0 Å². The number of aromatic amines is 1. The molecular formula is C18H15N3O3S. The molecule has 2 heterocycles. The number of aryl methyl sites for hydroxylation is 1. The molecule has 0 aliphatic heterocycles. The van der Waals surface area contributed by atoms with E-state index in [1.54, 1.807) is 30.3 Å². The molecule has 0 spiro atoms. The van der Waals surface area contributed by atoms with Gasteiger partial charge in [-0.15, -0.1) is 0 Å². The number of sulfone groups is 1. The molecule has 0 atom stereocenters. The summed E-state index contributed by atoms with van der Waals surface area (Å²) in [7, 11) is -3.36. The quantitative estimate of drug-likeness (QED) is 0.595. The van der Waals surface area contributed by atoms with Gasteiger partial charge in [-0.05, 0) is 24.3 Å². The first-order valence-corrected chi connectivity index (χ1v) is 9.45. The highest BCUT2D eigenvalue weighted by Gasteiger charge is 2.17. The molecule has 1 N–H and O–H groups in total. The van der Waals surface area contributed by atoms with E-state index in [4.69, 9.17) is 4.52 Å². The molecule has 0 radical (unpaired) electrons. The molecule has 4 aromatic rings. The van der Waals surface area contributed by atoms with Crippen LogP contribution in [-0.4, -0.2) is 29.3 Å². The molecule has 25 heavy (non-hydrogen) atoms. The third-order valence-corrected chi connectivity index (χ3v) is 5.66. The average Bonchev–Trinajstić information content (AvgIpc) is 3.27. The molecule has 7 heteroatoms. The van der Waals surface area contributed by atoms with E-state index >= 15 is 0 Å². The van der Waals surface area contributed by atoms with Gasteiger partial charge in [-0.1, -0.05) is 41.6 Å². The summed E-state index contributed by atoms with van der Waals surface area (Å²) in [6.07, 6.45) is 0.195. The number of H-pyrrole nitrogens is 1. The highest BCUT2D eigenvalue weighted by atomic mass is 32.2. The largest absolute Gasteiger partial charge is 0.351 e. The number of para-hydroxylation sites is 1. The minimum Gasteiger partial charge on any atom is -0.351 e. The Morgan fingerprint density at radius 2 is 1.76 bits per heavy atom. The van der Waals surface area contributed by atoms with Gasteiger partial charge in [0.15, 0.2) is 15.7 Å². The second-order valence-electron chi connectivity index (χ2n) is 5.67. The van der Waals surface area contributed by atoms with Crippen molar-refractivity contribution in [1.29, 1.82) is 0 Å². The van der Waals surface area contributed by atoms with Gasteiger partial charge in [0.1, 0.15) is 5.69 Å². The maximum absolute atomic E-state index is 12.3. The van der Waals surface area contributed by atoms with Gasteiger partial charge in [0.2, 0.25) is 0 Å². The number of nitrogens with zero attached hydrogens (tertiary/aromatic N) is 2. The molecule has 2 aromatic carbocycles. The second-order valence-corrected chi connectivity index (χ2v) is 7.78. The van der Waals surface area contributed by atoms with Crippen molar-refractivity contribution in [2.24, 2.45) is 0 Å². The predicted octanol–water partition coefficient (Wildman–Crippen LogP) is 3.23. The fourth-order valence-electron chi connectivity index (χ4n) is 2.62. The highest BCUT2D eigenvalue weighted by molar-refractivity contribution is 7.91. The zero-order valence-corrected chi connectivity index (χ0v) is 14.0. The summed E-state index contributed by atoms with van der Waals surface area (Å²) in [5.41, 5.74) is 1.69. The summed E-state index contributed by atoms with van der Waals surface area (Å²) in [6, 6.07) is 18.1. The Balaban J connectivity index is 1.52. The molecule has 6 nitrogen and oxygen atoms in total. The van der Waals surface area contributed by atoms with Crippen molar-refractivity contribution in [3.8, 4) is 11.6 Å². The lowest BCUT2D eigenvalue weighted by Crippen LogP contribution is -2.09. The van der Waals surface area contributed by atoms with Gasteiger partial charge < -0.3 is 9.51 Å². The van der Waals surface area contributed by atoms with E-state index < -0.39 is 9.84 Å². The summed E-state index contributed by atoms with van der Waals surface area (Å²) in [5.74, 6) is 0.652. The van der Waals surface area contributed by atoms with E-state index in [9.17, 15) is 8.42 Å². The predicted molar refractivity (Wildman–Crippen MR) is 93.8 cm³/mol. The fourth-order valence-corrected chi connectivity index (χ4v) is 3.88. The van der Waals surface area contributed by atoms with Crippen LogP contribution in [-0.2, 0) is 16.3 Å². The Morgan fingerprint density at radius 3 is 2.56 bits per heavy atom. The summed E-state index contributed by atoms with van der Waals surface area (Å²) in [4.78, 5) is 7.81. The van der Waals surface area contributed by atoms with Crippen molar-refractivity contribution < 1.29 is 12.9 Å². The molecule has 0 saturated carbocycles. The molecule has 0 aliphatic rings. The van der Waals surface area contributed by atoms with Crippen LogP contribution in [0.5, 0.6) is 0 Å². The van der Waals surface area contributed by atoms with Crippen LogP contribution < -0.4 is 0 Å². The minimum absolute atomic E-state index is 0.0668. The monoisotopic (exact) mass is 353 g/mol. The van der Waals surface area contributed by atoms with E-state index in [-0.39, 0.29) is 12.2 Å². The Hall–Kier alpha value is -2.93. The number of nitrogens with one attached hydrogen (secondary N) is 1. The minimum atomic E-state index is -3.36. The lowest BCUT2D eigenvalue weighted by molar-refractivity contribution is 0.422. The van der Waals surface area contributed by atoms with Gasteiger partial charge in [-0.25, -0.2) is 8.42 Å². The second kappa shape index (κ2) is 6.18. The molecular weight excluding hydrogens is 338 g/mol. The number of hydrogen-bond donors (Lipinski definition) is 1. The van der Waals surface area contributed by atoms with Gasteiger partial charge in [-0.3, -0.25) is 0 Å². The number of benzene rings is 2. The number of fused-ring (bicyclic) bond motifs is 1. The molecule has 0 amide bonds. The van der Waals surface area contributed by atoms with Gasteiger partial charge >= 0.3 is 0 Å². The topological polar surface area (TPSA) is 88.9 Å². The molecule has 4 rings (SSSR count). The van der Waals surface area contributed by atoms with Crippen molar-refractivity contribution in [2.75, 3.05) is 5.75 Å². The lowest BCUT2D eigenvalue weighted by Gasteiger charge is -2.01. The fraction of sp³-hybridized carbons (Fsp3) is 0.111. The SMILES string of the molecule is O=S(=O)(CCc1noc(-c2cc3ccccc3[nH]2)n1)c1ccccc1. The van der Waals surface area contributed by atoms with E-state index in [0.29, 0.717) is 22.3 Å². The summed E-state index contributed by atoms with van der Waals surface area (Å²) >= 11 is 0. The van der Waals surface area contributed by atoms with Crippen molar-refractivity contribution >= 4 is 20.7 Å². The normalized spacial score (nSPS) is 11.8. The van der Waals surface area contributed by atoms with Crippen LogP contribution in [0.15, 0.2) is 70.1 Å². The smallest absolute Gasteiger partial charge is 0.274 e. The van der Waals surface area contributed by atoms with Crippen LogP contribution >= 0.6 is 0 Å².